The number of aryl methyl sites for hydroxylation is 2. The van der Waals surface area contributed by atoms with Crippen molar-refractivity contribution >= 4 is 33.7 Å². The van der Waals surface area contributed by atoms with Gasteiger partial charge in [0.25, 0.3) is 0 Å². The summed E-state index contributed by atoms with van der Waals surface area (Å²) in [7, 11) is 0. The number of nitrogen functional groups attached to an aromatic ring is 1. The van der Waals surface area contributed by atoms with Crippen molar-refractivity contribution in [3.05, 3.63) is 22.8 Å². The van der Waals surface area contributed by atoms with Gasteiger partial charge in [0, 0.05) is 0 Å². The number of rotatable bonds is 3. The van der Waals surface area contributed by atoms with Crippen molar-refractivity contribution < 1.29 is 0 Å². The summed E-state index contributed by atoms with van der Waals surface area (Å²) < 4.78 is 5.80. The van der Waals surface area contributed by atoms with Gasteiger partial charge in [0.05, 0.1) is 18.0 Å². The zero-order valence-corrected chi connectivity index (χ0v) is 13.7. The Balaban J connectivity index is 1.90. The number of azo groups is 1. The van der Waals surface area contributed by atoms with Gasteiger partial charge >= 0.3 is 0 Å². The highest BCUT2D eigenvalue weighted by molar-refractivity contribution is 7.10. The van der Waals surface area contributed by atoms with Crippen LogP contribution in [-0.4, -0.2) is 27.2 Å². The third-order valence-corrected chi connectivity index (χ3v) is 4.34. The second kappa shape index (κ2) is 6.41. The first-order chi connectivity index (χ1) is 11.1. The number of nitrogens with zero attached hydrogens (tertiary/aromatic N) is 6. The van der Waals surface area contributed by atoms with Crippen molar-refractivity contribution in [3.8, 4) is 0 Å². The van der Waals surface area contributed by atoms with Crippen molar-refractivity contribution in [2.45, 2.75) is 26.6 Å². The predicted molar refractivity (Wildman–Crippen MR) is 88.3 cm³/mol. The maximum atomic E-state index is 7.18. The van der Waals surface area contributed by atoms with Gasteiger partial charge in [0.2, 0.25) is 5.69 Å². The summed E-state index contributed by atoms with van der Waals surface area (Å²) in [5.41, 5.74) is 8.46. The molecule has 2 aromatic rings. The summed E-state index contributed by atoms with van der Waals surface area (Å²) in [4.78, 5) is 3.44. The van der Waals surface area contributed by atoms with Gasteiger partial charge in [-0.1, -0.05) is 0 Å². The number of aromatic nitrogens is 3. The van der Waals surface area contributed by atoms with Gasteiger partial charge in [-0.15, -0.1) is 10.2 Å². The minimum absolute atomic E-state index is 0.143. The summed E-state index contributed by atoms with van der Waals surface area (Å²) in [5, 5.41) is 19.9. The van der Waals surface area contributed by atoms with E-state index in [1.165, 1.54) is 0 Å². The lowest BCUT2D eigenvalue weighted by molar-refractivity contribution is 0.270. The Morgan fingerprint density at radius 2 is 2.04 bits per heavy atom. The molecule has 1 aliphatic rings. The van der Waals surface area contributed by atoms with E-state index >= 15 is 0 Å². The maximum absolute atomic E-state index is 7.18. The molecule has 23 heavy (non-hydrogen) atoms. The lowest BCUT2D eigenvalue weighted by Crippen LogP contribution is -2.45. The van der Waals surface area contributed by atoms with Crippen LogP contribution in [-0.2, 0) is 0 Å². The smallest absolute Gasteiger partial charge is 0.247 e. The van der Waals surface area contributed by atoms with E-state index in [1.807, 2.05) is 6.92 Å². The fraction of sp³-hybridized carbons (Fsp3) is 0.462. The second-order valence-electron chi connectivity index (χ2n) is 5.16. The number of hydrogen-bond acceptors (Lipinski definition) is 8. The quantitative estimate of drug-likeness (QED) is 0.591. The van der Waals surface area contributed by atoms with Crippen LogP contribution in [0.15, 0.2) is 10.2 Å². The molecule has 120 valence electrons. The average molecular weight is 331 g/mol. The molecule has 0 aliphatic carbocycles. The summed E-state index contributed by atoms with van der Waals surface area (Å²) in [5.74, 6) is 0.434. The molecule has 0 atom stereocenters. The summed E-state index contributed by atoms with van der Waals surface area (Å²) in [6.45, 7) is 12.6. The van der Waals surface area contributed by atoms with Gasteiger partial charge in [-0.2, -0.15) is 5.10 Å². The molecule has 0 spiro atoms. The van der Waals surface area contributed by atoms with Crippen LogP contribution in [0.1, 0.15) is 24.1 Å². The third-order valence-electron chi connectivity index (χ3n) is 3.53. The van der Waals surface area contributed by atoms with Crippen molar-refractivity contribution in [2.75, 3.05) is 18.8 Å². The summed E-state index contributed by atoms with van der Waals surface area (Å²) in [6, 6.07) is 0. The fourth-order valence-electron chi connectivity index (χ4n) is 2.33. The zero-order chi connectivity index (χ0) is 16.4. The Morgan fingerprint density at radius 1 is 1.30 bits per heavy atom. The van der Waals surface area contributed by atoms with Crippen molar-refractivity contribution in [3.63, 3.8) is 0 Å². The highest BCUT2D eigenvalue weighted by Crippen LogP contribution is 2.38. The molecular formula is C13H17N9S. The second-order valence-corrected chi connectivity index (χ2v) is 5.91. The molecule has 1 fully saturated rings. The van der Waals surface area contributed by atoms with Crippen LogP contribution in [0.4, 0.5) is 22.2 Å². The largest absolute Gasteiger partial charge is 0.382 e. The molecule has 0 bridgehead atoms. The number of nitrogens with one attached hydrogen (secondary N) is 2. The molecule has 1 saturated heterocycles. The molecule has 2 aromatic heterocycles. The first-order valence-corrected chi connectivity index (χ1v) is 7.96. The number of anilines is 1. The topological polar surface area (TPSA) is 110 Å². The molecule has 4 N–H and O–H groups in total. The van der Waals surface area contributed by atoms with Crippen LogP contribution in [0.3, 0.4) is 0 Å². The first kappa shape index (κ1) is 15.5. The van der Waals surface area contributed by atoms with E-state index in [2.05, 4.69) is 35.2 Å². The van der Waals surface area contributed by atoms with Gasteiger partial charge in [-0.25, -0.2) is 13.9 Å². The maximum Gasteiger partial charge on any atom is 0.247 e. The lowest BCUT2D eigenvalue weighted by Gasteiger charge is -2.25. The number of nitrogens with two attached hydrogens (primary N) is 1. The Hall–Kier alpha value is -2.35. The SMILES string of the molecule is [C-]#[N+]c1c(C)nsc1N=Nc1c(C)nn(C2NCCCN2)c1N. The molecule has 1 aliphatic heterocycles. The van der Waals surface area contributed by atoms with E-state index in [0.29, 0.717) is 33.6 Å². The molecule has 0 saturated carbocycles. The highest BCUT2D eigenvalue weighted by Gasteiger charge is 2.21. The normalized spacial score (nSPS) is 16.0. The Labute approximate surface area is 137 Å². The van der Waals surface area contributed by atoms with E-state index in [1.54, 1.807) is 11.6 Å². The van der Waals surface area contributed by atoms with E-state index in [9.17, 15) is 0 Å². The van der Waals surface area contributed by atoms with Gasteiger partial charge in [-0.05, 0) is 44.9 Å². The number of hydrogen-bond donors (Lipinski definition) is 3. The van der Waals surface area contributed by atoms with Gasteiger partial charge in [-0.3, -0.25) is 10.6 Å². The van der Waals surface area contributed by atoms with Crippen LogP contribution < -0.4 is 16.4 Å². The molecular weight excluding hydrogens is 314 g/mol. The molecule has 0 aromatic carbocycles. The van der Waals surface area contributed by atoms with Crippen LogP contribution in [0.2, 0.25) is 0 Å². The monoisotopic (exact) mass is 331 g/mol. The lowest BCUT2D eigenvalue weighted by atomic mass is 10.3. The molecule has 3 heterocycles. The molecule has 0 radical (unpaired) electrons. The Kier molecular flexibility index (Phi) is 4.33. The minimum atomic E-state index is -0.143. The third kappa shape index (κ3) is 2.94. The summed E-state index contributed by atoms with van der Waals surface area (Å²) in [6.07, 6.45) is 0.920. The first-order valence-electron chi connectivity index (χ1n) is 7.18. The van der Waals surface area contributed by atoms with E-state index in [-0.39, 0.29) is 6.29 Å². The van der Waals surface area contributed by atoms with Crippen molar-refractivity contribution in [1.82, 2.24) is 24.8 Å². The van der Waals surface area contributed by atoms with Crippen LogP contribution in [0.5, 0.6) is 0 Å². The Morgan fingerprint density at radius 3 is 2.74 bits per heavy atom. The van der Waals surface area contributed by atoms with Crippen LogP contribution >= 0.6 is 11.5 Å². The van der Waals surface area contributed by atoms with Gasteiger partial charge < -0.3 is 5.73 Å². The molecule has 0 unspecified atom stereocenters. The van der Waals surface area contributed by atoms with E-state index < -0.39 is 0 Å². The van der Waals surface area contributed by atoms with E-state index in [0.717, 1.165) is 31.0 Å². The van der Waals surface area contributed by atoms with Crippen molar-refractivity contribution in [1.29, 1.82) is 0 Å². The molecule has 3 rings (SSSR count). The zero-order valence-electron chi connectivity index (χ0n) is 12.9. The Bertz CT molecular complexity index is 776. The highest BCUT2D eigenvalue weighted by atomic mass is 32.1. The van der Waals surface area contributed by atoms with E-state index in [4.69, 9.17) is 12.3 Å². The fourth-order valence-corrected chi connectivity index (χ4v) is 3.00. The van der Waals surface area contributed by atoms with Crippen LogP contribution in [0.25, 0.3) is 4.85 Å². The minimum Gasteiger partial charge on any atom is -0.382 e. The summed E-state index contributed by atoms with van der Waals surface area (Å²) >= 11 is 1.15. The molecule has 9 nitrogen and oxygen atoms in total. The average Bonchev–Trinajstić information content (AvgIpc) is 3.06. The standard InChI is InChI=1S/C13H17N9S/c1-7-9(18-19-12-10(15-3)8(2)21-23-12)11(14)22(20-7)13-16-5-4-6-17-13/h13,16-17H,4-6,14H2,1-2H3. The van der Waals surface area contributed by atoms with Crippen molar-refractivity contribution in [2.24, 2.45) is 10.2 Å². The predicted octanol–water partition coefficient (Wildman–Crippen LogP) is 2.54. The molecule has 10 heteroatoms. The van der Waals surface area contributed by atoms with Crippen LogP contribution in [0, 0.1) is 20.4 Å². The van der Waals surface area contributed by atoms with Gasteiger partial charge in [0.1, 0.15) is 0 Å². The molecule has 0 amide bonds. The van der Waals surface area contributed by atoms with Gasteiger partial charge in [0.15, 0.2) is 22.8 Å².